The zero-order valence-electron chi connectivity index (χ0n) is 21.8. The van der Waals surface area contributed by atoms with E-state index in [1.807, 2.05) is 16.6 Å². The number of nitrogens with zero attached hydrogens (tertiary/aromatic N) is 5. The number of benzene rings is 1. The second kappa shape index (κ2) is 8.88. The molecule has 1 aliphatic heterocycles. The first kappa shape index (κ1) is 23.5. The third kappa shape index (κ3) is 4.31. The van der Waals surface area contributed by atoms with Crippen LogP contribution in [0.3, 0.4) is 0 Å². The first-order valence-corrected chi connectivity index (χ1v) is 13.2. The van der Waals surface area contributed by atoms with Crippen LogP contribution in [0.4, 0.5) is 5.69 Å². The molecule has 7 nitrogen and oxygen atoms in total. The van der Waals surface area contributed by atoms with Crippen molar-refractivity contribution < 1.29 is 0 Å². The smallest absolute Gasteiger partial charge is 0.101 e. The molecule has 0 saturated heterocycles. The first-order valence-electron chi connectivity index (χ1n) is 13.2. The summed E-state index contributed by atoms with van der Waals surface area (Å²) in [6, 6.07) is 15.3. The molecule has 2 aromatic heterocycles. The minimum absolute atomic E-state index is 0.273. The lowest BCUT2D eigenvalue weighted by Crippen LogP contribution is -2.31. The van der Waals surface area contributed by atoms with E-state index in [0.29, 0.717) is 22.9 Å². The molecule has 7 heteroatoms. The third-order valence-electron chi connectivity index (χ3n) is 8.04. The molecule has 0 bridgehead atoms. The van der Waals surface area contributed by atoms with E-state index < -0.39 is 0 Å². The predicted molar refractivity (Wildman–Crippen MR) is 149 cm³/mol. The number of aromatic nitrogens is 2. The van der Waals surface area contributed by atoms with Gasteiger partial charge in [0.1, 0.15) is 6.07 Å². The maximum Gasteiger partial charge on any atom is 0.101 e. The molecule has 1 spiro atoms. The van der Waals surface area contributed by atoms with Crippen molar-refractivity contribution in [2.24, 2.45) is 21.5 Å². The van der Waals surface area contributed by atoms with Gasteiger partial charge in [-0.05, 0) is 76.1 Å². The number of nitrogens with one attached hydrogen (secondary N) is 2. The van der Waals surface area contributed by atoms with E-state index >= 15 is 0 Å². The van der Waals surface area contributed by atoms with E-state index in [2.05, 4.69) is 73.4 Å². The van der Waals surface area contributed by atoms with Crippen LogP contribution in [0.5, 0.6) is 0 Å². The normalized spacial score (nSPS) is 21.7. The molecule has 2 fully saturated rings. The second-order valence-corrected chi connectivity index (χ2v) is 11.3. The summed E-state index contributed by atoms with van der Waals surface area (Å²) in [6.07, 6.45) is 7.35. The van der Waals surface area contributed by atoms with Gasteiger partial charge < -0.3 is 10.6 Å². The van der Waals surface area contributed by atoms with Crippen LogP contribution < -0.4 is 10.6 Å². The predicted octanol–water partition coefficient (Wildman–Crippen LogP) is 5.92. The van der Waals surface area contributed by atoms with Gasteiger partial charge in [0, 0.05) is 52.6 Å². The molecule has 3 aliphatic rings. The molecule has 0 radical (unpaired) electrons. The lowest BCUT2D eigenvalue weighted by atomic mass is 9.92. The first-order chi connectivity index (χ1) is 17.8. The number of hydrogen-bond acceptors (Lipinski definition) is 6. The van der Waals surface area contributed by atoms with Gasteiger partial charge in [-0.15, -0.1) is 0 Å². The zero-order valence-corrected chi connectivity index (χ0v) is 21.8. The molecule has 2 aliphatic carbocycles. The molecule has 188 valence electrons. The number of allylic oxidation sites excluding steroid dienone is 1. The van der Waals surface area contributed by atoms with Gasteiger partial charge in [-0.3, -0.25) is 0 Å². The van der Waals surface area contributed by atoms with Gasteiger partial charge in [-0.1, -0.05) is 18.7 Å². The summed E-state index contributed by atoms with van der Waals surface area (Å²) in [7, 11) is 0. The Bertz CT molecular complexity index is 1500. The summed E-state index contributed by atoms with van der Waals surface area (Å²) in [4.78, 5) is 0. The maximum absolute atomic E-state index is 9.20. The second-order valence-electron chi connectivity index (χ2n) is 11.3. The minimum Gasteiger partial charge on any atom is -0.386 e. The van der Waals surface area contributed by atoms with E-state index in [1.54, 1.807) is 6.20 Å². The van der Waals surface area contributed by atoms with E-state index in [4.69, 9.17) is 10.2 Å². The van der Waals surface area contributed by atoms with Gasteiger partial charge in [0.05, 0.1) is 28.7 Å². The molecule has 1 unspecified atom stereocenters. The molecule has 2 atom stereocenters. The average Bonchev–Trinajstić information content (AvgIpc) is 3.19. The molecule has 2 N–H and O–H groups in total. The molecule has 1 aromatic carbocycles. The highest BCUT2D eigenvalue weighted by Gasteiger charge is 2.56. The molecule has 0 amide bonds. The lowest BCUT2D eigenvalue weighted by molar-refractivity contribution is 0.408. The highest BCUT2D eigenvalue weighted by Crippen LogP contribution is 2.60. The Kier molecular flexibility index (Phi) is 5.63. The van der Waals surface area contributed by atoms with Crippen LogP contribution in [0.2, 0.25) is 0 Å². The van der Waals surface area contributed by atoms with Crippen molar-refractivity contribution in [3.05, 3.63) is 66.0 Å². The van der Waals surface area contributed by atoms with Crippen LogP contribution in [0.25, 0.3) is 16.8 Å². The van der Waals surface area contributed by atoms with Crippen molar-refractivity contribution in [3.8, 4) is 17.3 Å². The topological polar surface area (TPSA) is 89.9 Å². The molecule has 6 rings (SSSR count). The Labute approximate surface area is 218 Å². The minimum atomic E-state index is 0.273. The summed E-state index contributed by atoms with van der Waals surface area (Å²) in [5.74, 6) is 0.484. The SMILES string of the molecule is C=C(C)N[C@@H]1CC(C2=NN=C(c3ccc(-c4ccc5cc(C#N)cnn45)cc3NC(C)C)C2)CC12CC2. The Hall–Kier alpha value is -3.92. The Morgan fingerprint density at radius 3 is 2.76 bits per heavy atom. The van der Waals surface area contributed by atoms with E-state index in [1.165, 1.54) is 25.0 Å². The third-order valence-corrected chi connectivity index (χ3v) is 8.04. The van der Waals surface area contributed by atoms with Crippen LogP contribution in [0.15, 0.2) is 65.1 Å². The summed E-state index contributed by atoms with van der Waals surface area (Å²) >= 11 is 0. The largest absolute Gasteiger partial charge is 0.386 e. The summed E-state index contributed by atoms with van der Waals surface area (Å²) in [5.41, 5.74) is 9.41. The summed E-state index contributed by atoms with van der Waals surface area (Å²) in [6.45, 7) is 10.4. The van der Waals surface area contributed by atoms with Gasteiger partial charge in [0.25, 0.3) is 0 Å². The summed E-state index contributed by atoms with van der Waals surface area (Å²) in [5, 5.41) is 30.4. The number of fused-ring (bicyclic) bond motifs is 1. The van der Waals surface area contributed by atoms with Crippen molar-refractivity contribution in [1.82, 2.24) is 14.9 Å². The molecular formula is C30H33N7. The van der Waals surface area contributed by atoms with Crippen LogP contribution >= 0.6 is 0 Å². The van der Waals surface area contributed by atoms with Gasteiger partial charge >= 0.3 is 0 Å². The monoisotopic (exact) mass is 491 g/mol. The van der Waals surface area contributed by atoms with Crippen molar-refractivity contribution in [2.75, 3.05) is 5.32 Å². The lowest BCUT2D eigenvalue weighted by Gasteiger charge is -2.20. The van der Waals surface area contributed by atoms with Crippen molar-refractivity contribution in [3.63, 3.8) is 0 Å². The highest BCUT2D eigenvalue weighted by molar-refractivity contribution is 6.18. The molecule has 2 saturated carbocycles. The Morgan fingerprint density at radius 1 is 1.19 bits per heavy atom. The van der Waals surface area contributed by atoms with Crippen LogP contribution in [-0.2, 0) is 0 Å². The Morgan fingerprint density at radius 2 is 2.03 bits per heavy atom. The molecule has 3 heterocycles. The van der Waals surface area contributed by atoms with Crippen LogP contribution in [-0.4, -0.2) is 33.1 Å². The molecular weight excluding hydrogens is 458 g/mol. The number of hydrogen-bond donors (Lipinski definition) is 2. The fourth-order valence-corrected chi connectivity index (χ4v) is 6.13. The molecule has 3 aromatic rings. The van der Waals surface area contributed by atoms with Gasteiger partial charge in [0.15, 0.2) is 0 Å². The van der Waals surface area contributed by atoms with Gasteiger partial charge in [-0.2, -0.15) is 20.6 Å². The fraction of sp³-hybridized carbons (Fsp3) is 0.400. The van der Waals surface area contributed by atoms with E-state index in [-0.39, 0.29) is 6.04 Å². The number of rotatable bonds is 7. The highest BCUT2D eigenvalue weighted by atomic mass is 15.2. The average molecular weight is 492 g/mol. The maximum atomic E-state index is 9.20. The molecule has 37 heavy (non-hydrogen) atoms. The van der Waals surface area contributed by atoms with Gasteiger partial charge in [0.2, 0.25) is 0 Å². The quantitative estimate of drug-likeness (QED) is 0.429. The van der Waals surface area contributed by atoms with E-state index in [9.17, 15) is 5.26 Å². The van der Waals surface area contributed by atoms with Gasteiger partial charge in [-0.25, -0.2) is 4.52 Å². The number of anilines is 1. The van der Waals surface area contributed by atoms with Crippen LogP contribution in [0.1, 0.15) is 64.0 Å². The Balaban J connectivity index is 1.25. The zero-order chi connectivity index (χ0) is 25.7. The van der Waals surface area contributed by atoms with Crippen LogP contribution in [0, 0.1) is 22.7 Å². The van der Waals surface area contributed by atoms with E-state index in [0.717, 1.165) is 52.3 Å². The summed E-state index contributed by atoms with van der Waals surface area (Å²) < 4.78 is 1.88. The van der Waals surface area contributed by atoms with Crippen molar-refractivity contribution >= 4 is 22.6 Å². The van der Waals surface area contributed by atoms with Crippen molar-refractivity contribution in [1.29, 1.82) is 5.26 Å². The standard InChI is InChI=1S/C30H33N7/c1-18(2)33-26-12-21(28-8-6-23-11-20(16-31)17-32-37(23)28)5-7-24(26)27-14-25(35-36-27)22-13-29(34-19(3)4)30(15-22)9-10-30/h5-8,11-12,17-18,22,29,33-34H,3,9-10,13-15H2,1-2,4H3/t22?,29-/m1/s1. The number of nitriles is 1. The fourth-order valence-electron chi connectivity index (χ4n) is 6.13. The van der Waals surface area contributed by atoms with Crippen molar-refractivity contribution in [2.45, 2.75) is 65.0 Å².